The SMILES string of the molecule is CCOc1cc(NC(=O)CCC(=O)O)ccc1OC. The van der Waals surface area contributed by atoms with Crippen molar-refractivity contribution in [2.75, 3.05) is 19.0 Å². The van der Waals surface area contributed by atoms with E-state index in [1.54, 1.807) is 18.2 Å². The van der Waals surface area contributed by atoms with E-state index in [1.807, 2.05) is 6.92 Å². The van der Waals surface area contributed by atoms with Gasteiger partial charge in [0.15, 0.2) is 11.5 Å². The summed E-state index contributed by atoms with van der Waals surface area (Å²) in [7, 11) is 1.53. The fraction of sp³-hybridized carbons (Fsp3) is 0.385. The first-order valence-corrected chi connectivity index (χ1v) is 5.89. The first kappa shape index (κ1) is 14.8. The molecule has 0 aromatic heterocycles. The average molecular weight is 267 g/mol. The predicted molar refractivity (Wildman–Crippen MR) is 69.7 cm³/mol. The molecular weight excluding hydrogens is 250 g/mol. The van der Waals surface area contributed by atoms with Crippen LogP contribution in [-0.2, 0) is 9.59 Å². The van der Waals surface area contributed by atoms with E-state index in [0.29, 0.717) is 23.8 Å². The number of nitrogens with one attached hydrogen (secondary N) is 1. The Balaban J connectivity index is 2.70. The lowest BCUT2D eigenvalue weighted by Crippen LogP contribution is -2.13. The van der Waals surface area contributed by atoms with Crippen LogP contribution in [0.1, 0.15) is 19.8 Å². The summed E-state index contributed by atoms with van der Waals surface area (Å²) >= 11 is 0. The Morgan fingerprint density at radius 3 is 2.58 bits per heavy atom. The van der Waals surface area contributed by atoms with Gasteiger partial charge in [0.1, 0.15) is 0 Å². The molecule has 19 heavy (non-hydrogen) atoms. The molecule has 0 saturated heterocycles. The van der Waals surface area contributed by atoms with E-state index < -0.39 is 5.97 Å². The number of carboxylic acids is 1. The van der Waals surface area contributed by atoms with Gasteiger partial charge in [-0.05, 0) is 19.1 Å². The summed E-state index contributed by atoms with van der Waals surface area (Å²) in [5.74, 6) is -0.249. The normalized spacial score (nSPS) is 9.79. The number of carbonyl (C=O) groups is 2. The number of carbonyl (C=O) groups excluding carboxylic acids is 1. The topological polar surface area (TPSA) is 84.9 Å². The van der Waals surface area contributed by atoms with Gasteiger partial charge in [0.25, 0.3) is 0 Å². The van der Waals surface area contributed by atoms with Crippen LogP contribution in [0.3, 0.4) is 0 Å². The molecule has 0 bridgehead atoms. The van der Waals surface area contributed by atoms with Crippen LogP contribution in [0.2, 0.25) is 0 Å². The molecule has 0 radical (unpaired) electrons. The van der Waals surface area contributed by atoms with Gasteiger partial charge in [-0.15, -0.1) is 0 Å². The summed E-state index contributed by atoms with van der Waals surface area (Å²) in [5, 5.41) is 11.1. The molecule has 0 heterocycles. The van der Waals surface area contributed by atoms with Crippen molar-refractivity contribution in [1.29, 1.82) is 0 Å². The molecule has 1 aromatic carbocycles. The molecule has 0 aliphatic rings. The maximum Gasteiger partial charge on any atom is 0.303 e. The van der Waals surface area contributed by atoms with Gasteiger partial charge in [0.05, 0.1) is 20.1 Å². The van der Waals surface area contributed by atoms with Crippen molar-refractivity contribution in [3.05, 3.63) is 18.2 Å². The smallest absolute Gasteiger partial charge is 0.303 e. The van der Waals surface area contributed by atoms with Crippen molar-refractivity contribution in [2.24, 2.45) is 0 Å². The van der Waals surface area contributed by atoms with Crippen molar-refractivity contribution >= 4 is 17.6 Å². The van der Waals surface area contributed by atoms with Crippen molar-refractivity contribution in [1.82, 2.24) is 0 Å². The quantitative estimate of drug-likeness (QED) is 0.788. The van der Waals surface area contributed by atoms with E-state index in [0.717, 1.165) is 0 Å². The molecule has 104 valence electrons. The number of aliphatic carboxylic acids is 1. The minimum absolute atomic E-state index is 0.0642. The summed E-state index contributed by atoms with van der Waals surface area (Å²) in [4.78, 5) is 21.9. The van der Waals surface area contributed by atoms with Crippen molar-refractivity contribution in [3.63, 3.8) is 0 Å². The first-order chi connectivity index (χ1) is 9.06. The average Bonchev–Trinajstić information content (AvgIpc) is 2.37. The standard InChI is InChI=1S/C13H17NO5/c1-3-19-11-8-9(4-5-10(11)18-2)14-12(15)6-7-13(16)17/h4-5,8H,3,6-7H2,1-2H3,(H,14,15)(H,16,17). The molecule has 6 heteroatoms. The lowest BCUT2D eigenvalue weighted by molar-refractivity contribution is -0.138. The van der Waals surface area contributed by atoms with Crippen LogP contribution >= 0.6 is 0 Å². The molecule has 1 rings (SSSR count). The number of hydrogen-bond acceptors (Lipinski definition) is 4. The predicted octanol–water partition coefficient (Wildman–Crippen LogP) is 1.90. The van der Waals surface area contributed by atoms with Gasteiger partial charge < -0.3 is 19.9 Å². The van der Waals surface area contributed by atoms with Crippen molar-refractivity contribution in [2.45, 2.75) is 19.8 Å². The third-order valence-electron chi connectivity index (χ3n) is 2.31. The lowest BCUT2D eigenvalue weighted by atomic mass is 10.2. The van der Waals surface area contributed by atoms with Crippen LogP contribution in [0.4, 0.5) is 5.69 Å². The maximum atomic E-state index is 11.5. The summed E-state index contributed by atoms with van der Waals surface area (Å²) < 4.78 is 10.5. The zero-order chi connectivity index (χ0) is 14.3. The summed E-state index contributed by atoms with van der Waals surface area (Å²) in [6.45, 7) is 2.32. The van der Waals surface area contributed by atoms with E-state index in [1.165, 1.54) is 7.11 Å². The van der Waals surface area contributed by atoms with Gasteiger partial charge in [-0.1, -0.05) is 0 Å². The van der Waals surface area contributed by atoms with Gasteiger partial charge in [-0.2, -0.15) is 0 Å². The molecular formula is C13H17NO5. The number of hydrogen-bond donors (Lipinski definition) is 2. The molecule has 6 nitrogen and oxygen atoms in total. The molecule has 1 amide bonds. The highest BCUT2D eigenvalue weighted by atomic mass is 16.5. The molecule has 0 aliphatic heterocycles. The fourth-order valence-corrected chi connectivity index (χ4v) is 1.47. The second-order valence-electron chi connectivity index (χ2n) is 3.74. The van der Waals surface area contributed by atoms with Crippen LogP contribution in [0.5, 0.6) is 11.5 Å². The molecule has 0 atom stereocenters. The molecule has 2 N–H and O–H groups in total. The zero-order valence-corrected chi connectivity index (χ0v) is 10.9. The maximum absolute atomic E-state index is 11.5. The number of benzene rings is 1. The number of carboxylic acid groups (broad SMARTS) is 1. The van der Waals surface area contributed by atoms with E-state index in [4.69, 9.17) is 14.6 Å². The van der Waals surface area contributed by atoms with Crippen LogP contribution in [-0.4, -0.2) is 30.7 Å². The molecule has 1 aromatic rings. The number of amides is 1. The number of anilines is 1. The minimum Gasteiger partial charge on any atom is -0.493 e. The molecule has 0 fully saturated rings. The Morgan fingerprint density at radius 1 is 1.26 bits per heavy atom. The van der Waals surface area contributed by atoms with Gasteiger partial charge in [-0.3, -0.25) is 9.59 Å². The van der Waals surface area contributed by atoms with Crippen molar-refractivity contribution < 1.29 is 24.2 Å². The van der Waals surface area contributed by atoms with Crippen LogP contribution in [0, 0.1) is 0 Å². The van der Waals surface area contributed by atoms with E-state index in [2.05, 4.69) is 5.32 Å². The lowest BCUT2D eigenvalue weighted by Gasteiger charge is -2.11. The minimum atomic E-state index is -1.00. The monoisotopic (exact) mass is 267 g/mol. The van der Waals surface area contributed by atoms with Crippen LogP contribution in [0.15, 0.2) is 18.2 Å². The Labute approximate surface area is 111 Å². The molecule has 0 saturated carbocycles. The zero-order valence-electron chi connectivity index (χ0n) is 10.9. The van der Waals surface area contributed by atoms with Gasteiger partial charge in [0.2, 0.25) is 5.91 Å². The second kappa shape index (κ2) is 7.25. The summed E-state index contributed by atoms with van der Waals surface area (Å²) in [6.07, 6.45) is -0.258. The van der Waals surface area contributed by atoms with Crippen molar-refractivity contribution in [3.8, 4) is 11.5 Å². The molecule has 0 aliphatic carbocycles. The third kappa shape index (κ3) is 4.87. The summed E-state index contributed by atoms with van der Waals surface area (Å²) in [5.41, 5.74) is 0.541. The van der Waals surface area contributed by atoms with E-state index >= 15 is 0 Å². The van der Waals surface area contributed by atoms with E-state index in [-0.39, 0.29) is 18.7 Å². The fourth-order valence-electron chi connectivity index (χ4n) is 1.47. The first-order valence-electron chi connectivity index (χ1n) is 5.89. The highest BCUT2D eigenvalue weighted by Crippen LogP contribution is 2.30. The van der Waals surface area contributed by atoms with E-state index in [9.17, 15) is 9.59 Å². The Kier molecular flexibility index (Phi) is 5.66. The Morgan fingerprint density at radius 2 is 2.00 bits per heavy atom. The number of ether oxygens (including phenoxy) is 2. The Hall–Kier alpha value is -2.24. The van der Waals surface area contributed by atoms with Gasteiger partial charge in [-0.25, -0.2) is 0 Å². The van der Waals surface area contributed by atoms with Crippen LogP contribution < -0.4 is 14.8 Å². The van der Waals surface area contributed by atoms with Gasteiger partial charge in [0, 0.05) is 18.2 Å². The molecule has 0 spiro atoms. The summed E-state index contributed by atoms with van der Waals surface area (Å²) in [6, 6.07) is 4.98. The van der Waals surface area contributed by atoms with Gasteiger partial charge >= 0.3 is 5.97 Å². The third-order valence-corrected chi connectivity index (χ3v) is 2.31. The largest absolute Gasteiger partial charge is 0.493 e. The second-order valence-corrected chi connectivity index (χ2v) is 3.74. The highest BCUT2D eigenvalue weighted by molar-refractivity contribution is 5.92. The Bertz CT molecular complexity index is 458. The number of methoxy groups -OCH3 is 1. The van der Waals surface area contributed by atoms with Crippen LogP contribution in [0.25, 0.3) is 0 Å². The molecule has 0 unspecified atom stereocenters. The number of rotatable bonds is 7. The highest BCUT2D eigenvalue weighted by Gasteiger charge is 2.09.